The van der Waals surface area contributed by atoms with E-state index in [1.54, 1.807) is 0 Å². The third kappa shape index (κ3) is 1.82. The first-order valence-electron chi connectivity index (χ1n) is 5.93. The van der Waals surface area contributed by atoms with Crippen molar-refractivity contribution >= 4 is 0 Å². The maximum absolute atomic E-state index is 5.64. The van der Waals surface area contributed by atoms with E-state index in [9.17, 15) is 0 Å². The molecule has 0 aliphatic carbocycles. The Morgan fingerprint density at radius 2 is 1.71 bits per heavy atom. The summed E-state index contributed by atoms with van der Waals surface area (Å²) in [6, 6.07) is 13.0. The fourth-order valence-electron chi connectivity index (χ4n) is 2.30. The lowest BCUT2D eigenvalue weighted by molar-refractivity contribution is 0.436. The van der Waals surface area contributed by atoms with Gasteiger partial charge >= 0.3 is 0 Å². The first-order valence-corrected chi connectivity index (χ1v) is 5.93. The molecular weight excluding hydrogens is 208 g/mol. The summed E-state index contributed by atoms with van der Waals surface area (Å²) < 4.78 is 5.64. The van der Waals surface area contributed by atoms with Gasteiger partial charge in [-0.1, -0.05) is 35.9 Å². The molecule has 85 valence electrons. The molecule has 17 heavy (non-hydrogen) atoms. The molecule has 0 saturated heterocycles. The first kappa shape index (κ1) is 10.4. The number of aryl methyl sites for hydroxylation is 2. The molecule has 1 heteroatoms. The lowest BCUT2D eigenvalue weighted by Gasteiger charge is -2.10. The van der Waals surface area contributed by atoms with Crippen LogP contribution in [0.4, 0.5) is 0 Å². The highest BCUT2D eigenvalue weighted by Crippen LogP contribution is 2.38. The van der Waals surface area contributed by atoms with Gasteiger partial charge in [0.1, 0.15) is 12.4 Å². The van der Waals surface area contributed by atoms with Gasteiger partial charge in [0, 0.05) is 12.0 Å². The van der Waals surface area contributed by atoms with Gasteiger partial charge in [0.05, 0.1) is 0 Å². The molecule has 0 unspecified atom stereocenters. The highest BCUT2D eigenvalue weighted by atomic mass is 16.5. The van der Waals surface area contributed by atoms with Crippen molar-refractivity contribution in [2.45, 2.75) is 20.3 Å². The summed E-state index contributed by atoms with van der Waals surface area (Å²) in [6.07, 6.45) is 0.913. The molecule has 0 fully saturated rings. The third-order valence-electron chi connectivity index (χ3n) is 3.18. The van der Waals surface area contributed by atoms with Crippen molar-refractivity contribution in [1.82, 2.24) is 0 Å². The molecule has 1 aliphatic heterocycles. The topological polar surface area (TPSA) is 9.23 Å². The Morgan fingerprint density at radius 3 is 2.47 bits per heavy atom. The van der Waals surface area contributed by atoms with Gasteiger partial charge in [-0.25, -0.2) is 0 Å². The summed E-state index contributed by atoms with van der Waals surface area (Å²) in [6.45, 7) is 6.12. The Balaban J connectivity index is 2.17. The van der Waals surface area contributed by atoms with Gasteiger partial charge in [-0.3, -0.25) is 0 Å². The van der Waals surface area contributed by atoms with Crippen molar-refractivity contribution in [2.24, 2.45) is 0 Å². The molecule has 1 nitrogen and oxygen atoms in total. The van der Waals surface area contributed by atoms with Crippen molar-refractivity contribution in [3.05, 3.63) is 59.7 Å². The van der Waals surface area contributed by atoms with Gasteiger partial charge in [0.25, 0.3) is 0 Å². The molecule has 0 N–H and O–H groups in total. The summed E-state index contributed by atoms with van der Waals surface area (Å²) >= 11 is 0. The van der Waals surface area contributed by atoms with Crippen LogP contribution in [0.5, 0.6) is 5.75 Å². The molecular formula is C16H15O. The Bertz CT molecular complexity index is 552. The smallest absolute Gasteiger partial charge is 0.140 e. The van der Waals surface area contributed by atoms with E-state index in [2.05, 4.69) is 50.2 Å². The van der Waals surface area contributed by atoms with Crippen LogP contribution in [-0.4, -0.2) is 0 Å². The zero-order valence-corrected chi connectivity index (χ0v) is 10.2. The average molecular weight is 223 g/mol. The Morgan fingerprint density at radius 1 is 0.941 bits per heavy atom. The molecule has 2 aromatic rings. The third-order valence-corrected chi connectivity index (χ3v) is 3.18. The van der Waals surface area contributed by atoms with Crippen LogP contribution in [0, 0.1) is 20.5 Å². The monoisotopic (exact) mass is 223 g/mol. The summed E-state index contributed by atoms with van der Waals surface area (Å²) in [5, 5.41) is 0. The Labute approximate surface area is 102 Å². The SMILES string of the molecule is Cc1ccc(-c2cc(C)cc3c2O[CH]C3)cc1. The lowest BCUT2D eigenvalue weighted by atomic mass is 9.98. The molecule has 3 rings (SSSR count). The minimum Gasteiger partial charge on any atom is -0.485 e. The number of fused-ring (bicyclic) bond motifs is 1. The normalized spacial score (nSPS) is 13.3. The molecule has 0 spiro atoms. The van der Waals surface area contributed by atoms with E-state index in [0.717, 1.165) is 12.2 Å². The molecule has 1 radical (unpaired) electrons. The van der Waals surface area contributed by atoms with Crippen molar-refractivity contribution < 1.29 is 4.74 Å². The van der Waals surface area contributed by atoms with Crippen LogP contribution < -0.4 is 4.74 Å². The van der Waals surface area contributed by atoms with E-state index in [4.69, 9.17) is 4.74 Å². The Hall–Kier alpha value is -1.76. The molecule has 1 heterocycles. The predicted molar refractivity (Wildman–Crippen MR) is 70.0 cm³/mol. The standard InChI is InChI=1S/C16H15O/c1-11-3-5-13(6-4-11)15-10-12(2)9-14-7-8-17-16(14)15/h3-6,8-10H,7H2,1-2H3. The van der Waals surface area contributed by atoms with Crippen LogP contribution in [0.25, 0.3) is 11.1 Å². The second-order valence-electron chi connectivity index (χ2n) is 4.66. The van der Waals surface area contributed by atoms with E-state index < -0.39 is 0 Å². The van der Waals surface area contributed by atoms with E-state index in [-0.39, 0.29) is 0 Å². The van der Waals surface area contributed by atoms with Crippen LogP contribution in [0.3, 0.4) is 0 Å². The molecule has 0 aromatic heterocycles. The Kier molecular flexibility index (Phi) is 2.40. The molecule has 0 bridgehead atoms. The number of ether oxygens (including phenoxy) is 1. The maximum Gasteiger partial charge on any atom is 0.140 e. The first-order chi connectivity index (χ1) is 8.24. The van der Waals surface area contributed by atoms with Gasteiger partial charge in [-0.2, -0.15) is 0 Å². The summed E-state index contributed by atoms with van der Waals surface area (Å²) in [5.74, 6) is 1.03. The van der Waals surface area contributed by atoms with Crippen LogP contribution in [-0.2, 0) is 6.42 Å². The number of benzene rings is 2. The van der Waals surface area contributed by atoms with Crippen molar-refractivity contribution in [1.29, 1.82) is 0 Å². The predicted octanol–water partition coefficient (Wildman–Crippen LogP) is 4.07. The van der Waals surface area contributed by atoms with Crippen LogP contribution in [0.15, 0.2) is 36.4 Å². The summed E-state index contributed by atoms with van der Waals surface area (Å²) in [5.41, 5.74) is 6.30. The second kappa shape index (κ2) is 3.92. The van der Waals surface area contributed by atoms with Crippen LogP contribution in [0.2, 0.25) is 0 Å². The van der Waals surface area contributed by atoms with E-state index in [1.165, 1.54) is 27.8 Å². The molecule has 0 atom stereocenters. The van der Waals surface area contributed by atoms with E-state index >= 15 is 0 Å². The molecule has 0 amide bonds. The number of hydrogen-bond donors (Lipinski definition) is 0. The van der Waals surface area contributed by atoms with Gasteiger partial charge in [0.15, 0.2) is 0 Å². The summed E-state index contributed by atoms with van der Waals surface area (Å²) in [4.78, 5) is 0. The van der Waals surface area contributed by atoms with Gasteiger partial charge < -0.3 is 4.74 Å². The molecule has 0 saturated carbocycles. The fraction of sp³-hybridized carbons (Fsp3) is 0.188. The van der Waals surface area contributed by atoms with Crippen LogP contribution >= 0.6 is 0 Å². The molecule has 2 aromatic carbocycles. The highest BCUT2D eigenvalue weighted by Gasteiger charge is 2.18. The maximum atomic E-state index is 5.64. The molecule has 1 aliphatic rings. The fourth-order valence-corrected chi connectivity index (χ4v) is 2.30. The lowest BCUT2D eigenvalue weighted by Crippen LogP contribution is -1.87. The van der Waals surface area contributed by atoms with Crippen molar-refractivity contribution in [3.8, 4) is 16.9 Å². The second-order valence-corrected chi connectivity index (χ2v) is 4.66. The minimum atomic E-state index is 0.913. The number of rotatable bonds is 1. The highest BCUT2D eigenvalue weighted by molar-refractivity contribution is 5.74. The van der Waals surface area contributed by atoms with E-state index in [0.29, 0.717) is 0 Å². The minimum absolute atomic E-state index is 0.913. The largest absolute Gasteiger partial charge is 0.485 e. The van der Waals surface area contributed by atoms with Gasteiger partial charge in [-0.15, -0.1) is 0 Å². The van der Waals surface area contributed by atoms with Crippen molar-refractivity contribution in [3.63, 3.8) is 0 Å². The summed E-state index contributed by atoms with van der Waals surface area (Å²) in [7, 11) is 0. The zero-order valence-electron chi connectivity index (χ0n) is 10.2. The number of hydrogen-bond acceptors (Lipinski definition) is 1. The van der Waals surface area contributed by atoms with E-state index in [1.807, 2.05) is 6.61 Å². The van der Waals surface area contributed by atoms with Gasteiger partial charge in [-0.05, 0) is 36.6 Å². The quantitative estimate of drug-likeness (QED) is 0.708. The average Bonchev–Trinajstić information content (AvgIpc) is 2.77. The van der Waals surface area contributed by atoms with Crippen LogP contribution in [0.1, 0.15) is 16.7 Å². The van der Waals surface area contributed by atoms with Crippen molar-refractivity contribution in [2.75, 3.05) is 0 Å². The van der Waals surface area contributed by atoms with Gasteiger partial charge in [0.2, 0.25) is 0 Å². The zero-order chi connectivity index (χ0) is 11.8.